The summed E-state index contributed by atoms with van der Waals surface area (Å²) >= 11 is 6.01. The van der Waals surface area contributed by atoms with Crippen LogP contribution < -0.4 is 11.1 Å². The van der Waals surface area contributed by atoms with Gasteiger partial charge in [-0.1, -0.05) is 18.0 Å². The average Bonchev–Trinajstić information content (AvgIpc) is 2.47. The fourth-order valence-electron chi connectivity index (χ4n) is 2.28. The van der Waals surface area contributed by atoms with Crippen LogP contribution in [0.15, 0.2) is 23.1 Å². The first-order chi connectivity index (χ1) is 10.3. The number of nitrogens with one attached hydrogen (secondary N) is 2. The van der Waals surface area contributed by atoms with Gasteiger partial charge in [0.2, 0.25) is 10.0 Å². The van der Waals surface area contributed by atoms with Crippen molar-refractivity contribution < 1.29 is 13.2 Å². The van der Waals surface area contributed by atoms with Gasteiger partial charge in [0, 0.05) is 18.7 Å². The van der Waals surface area contributed by atoms with Crippen LogP contribution in [0.1, 0.15) is 29.6 Å². The number of guanidine groups is 1. The predicted octanol–water partition coefficient (Wildman–Crippen LogP) is 1.56. The van der Waals surface area contributed by atoms with Gasteiger partial charge in [0.25, 0.3) is 5.91 Å². The van der Waals surface area contributed by atoms with Crippen LogP contribution in [0.2, 0.25) is 5.02 Å². The van der Waals surface area contributed by atoms with E-state index in [0.29, 0.717) is 13.1 Å². The van der Waals surface area contributed by atoms with Crippen molar-refractivity contribution in [3.8, 4) is 0 Å². The standard InChI is InChI=1S/C13H17ClN4O3S.ClH/c14-10-5-4-9(12(19)17-13(15)16)8-11(10)22(20,21)18-6-2-1-3-7-18;/h4-5,8H,1-3,6-7H2,(H4,15,16,17,19);1H. The minimum atomic E-state index is -3.74. The molecule has 1 aromatic carbocycles. The third kappa shape index (κ3) is 4.57. The lowest BCUT2D eigenvalue weighted by molar-refractivity contribution is 0.0976. The third-order valence-corrected chi connectivity index (χ3v) is 5.75. The van der Waals surface area contributed by atoms with Gasteiger partial charge in [0.05, 0.1) is 5.02 Å². The Kier molecular flexibility index (Phi) is 6.82. The van der Waals surface area contributed by atoms with Crippen LogP contribution in [0, 0.1) is 5.41 Å². The molecule has 0 spiro atoms. The summed E-state index contributed by atoms with van der Waals surface area (Å²) in [6.07, 6.45) is 2.61. The topological polar surface area (TPSA) is 116 Å². The lowest BCUT2D eigenvalue weighted by Crippen LogP contribution is -2.37. The van der Waals surface area contributed by atoms with Crippen LogP contribution >= 0.6 is 24.0 Å². The molecule has 1 fully saturated rings. The summed E-state index contributed by atoms with van der Waals surface area (Å²) in [6.45, 7) is 0.894. The maximum atomic E-state index is 12.6. The van der Waals surface area contributed by atoms with Crippen molar-refractivity contribution in [3.05, 3.63) is 28.8 Å². The van der Waals surface area contributed by atoms with Crippen molar-refractivity contribution in [2.45, 2.75) is 24.2 Å². The molecule has 0 atom stereocenters. The molecule has 128 valence electrons. The molecule has 1 aliphatic rings. The molecule has 4 N–H and O–H groups in total. The molecule has 0 radical (unpaired) electrons. The highest BCUT2D eigenvalue weighted by molar-refractivity contribution is 7.89. The maximum absolute atomic E-state index is 12.6. The molecule has 7 nitrogen and oxygen atoms in total. The molecule has 1 amide bonds. The Labute approximate surface area is 146 Å². The summed E-state index contributed by atoms with van der Waals surface area (Å²) in [7, 11) is -3.74. The highest BCUT2D eigenvalue weighted by Crippen LogP contribution is 2.27. The molecule has 0 aromatic heterocycles. The summed E-state index contributed by atoms with van der Waals surface area (Å²) in [6, 6.07) is 3.95. The summed E-state index contributed by atoms with van der Waals surface area (Å²) in [5.41, 5.74) is 5.18. The van der Waals surface area contributed by atoms with E-state index < -0.39 is 21.9 Å². The number of carbonyl (C=O) groups is 1. The quantitative estimate of drug-likeness (QED) is 0.544. The largest absolute Gasteiger partial charge is 0.370 e. The molecular formula is C13H18Cl2N4O3S. The van der Waals surface area contributed by atoms with Crippen LogP contribution in [-0.4, -0.2) is 37.7 Å². The molecule has 1 aliphatic heterocycles. The number of amides is 1. The minimum absolute atomic E-state index is 0. The number of hydrogen-bond acceptors (Lipinski definition) is 4. The molecule has 1 saturated heterocycles. The van der Waals surface area contributed by atoms with E-state index in [-0.39, 0.29) is 27.9 Å². The summed E-state index contributed by atoms with van der Waals surface area (Å²) in [5.74, 6) is -1.17. The number of hydrogen-bond donors (Lipinski definition) is 3. The number of nitrogens with zero attached hydrogens (tertiary/aromatic N) is 1. The molecule has 10 heteroatoms. The van der Waals surface area contributed by atoms with Gasteiger partial charge in [-0.2, -0.15) is 4.31 Å². The van der Waals surface area contributed by atoms with E-state index in [2.05, 4.69) is 5.32 Å². The number of piperidine rings is 1. The van der Waals surface area contributed by atoms with Crippen molar-refractivity contribution in [3.63, 3.8) is 0 Å². The van der Waals surface area contributed by atoms with Gasteiger partial charge in [-0.05, 0) is 31.0 Å². The van der Waals surface area contributed by atoms with Gasteiger partial charge in [0.1, 0.15) is 4.90 Å². The Balaban J connectivity index is 0.00000264. The first-order valence-corrected chi connectivity index (χ1v) is 8.59. The Hall–Kier alpha value is -1.35. The van der Waals surface area contributed by atoms with E-state index >= 15 is 0 Å². The molecule has 23 heavy (non-hydrogen) atoms. The Bertz CT molecular complexity index is 703. The van der Waals surface area contributed by atoms with Gasteiger partial charge in [-0.3, -0.25) is 15.5 Å². The molecule has 1 aromatic rings. The van der Waals surface area contributed by atoms with E-state index in [1.165, 1.54) is 22.5 Å². The molecule has 1 heterocycles. The average molecular weight is 381 g/mol. The smallest absolute Gasteiger partial charge is 0.257 e. The number of sulfonamides is 1. The van der Waals surface area contributed by atoms with Crippen LogP contribution in [0.4, 0.5) is 0 Å². The molecule has 0 bridgehead atoms. The molecular weight excluding hydrogens is 363 g/mol. The van der Waals surface area contributed by atoms with Gasteiger partial charge < -0.3 is 5.73 Å². The van der Waals surface area contributed by atoms with E-state index in [9.17, 15) is 13.2 Å². The highest BCUT2D eigenvalue weighted by atomic mass is 35.5. The summed E-state index contributed by atoms with van der Waals surface area (Å²) in [5, 5.41) is 9.21. The zero-order valence-corrected chi connectivity index (χ0v) is 14.6. The monoisotopic (exact) mass is 380 g/mol. The summed E-state index contributed by atoms with van der Waals surface area (Å²) < 4.78 is 26.7. The zero-order chi connectivity index (χ0) is 16.3. The van der Waals surface area contributed by atoms with Gasteiger partial charge in [-0.15, -0.1) is 12.4 Å². The molecule has 0 unspecified atom stereocenters. The number of rotatable bonds is 3. The summed E-state index contributed by atoms with van der Waals surface area (Å²) in [4.78, 5) is 11.7. The van der Waals surface area contributed by atoms with Crippen molar-refractivity contribution in [2.24, 2.45) is 5.73 Å². The van der Waals surface area contributed by atoms with Crippen LogP contribution in [0.3, 0.4) is 0 Å². The third-order valence-electron chi connectivity index (χ3n) is 3.37. The first kappa shape index (κ1) is 19.7. The van der Waals surface area contributed by atoms with E-state index in [1.807, 2.05) is 0 Å². The molecule has 0 saturated carbocycles. The second-order valence-electron chi connectivity index (χ2n) is 4.98. The van der Waals surface area contributed by atoms with Crippen molar-refractivity contribution in [2.75, 3.05) is 13.1 Å². The van der Waals surface area contributed by atoms with E-state index in [0.717, 1.165) is 19.3 Å². The van der Waals surface area contributed by atoms with Gasteiger partial charge in [-0.25, -0.2) is 8.42 Å². The number of benzene rings is 1. The van der Waals surface area contributed by atoms with E-state index in [1.54, 1.807) is 0 Å². The molecule has 2 rings (SSSR count). The SMILES string of the molecule is Cl.N=C(N)NC(=O)c1ccc(Cl)c(S(=O)(=O)N2CCCCC2)c1. The Morgan fingerprint density at radius 3 is 2.43 bits per heavy atom. The minimum Gasteiger partial charge on any atom is -0.370 e. The van der Waals surface area contributed by atoms with Crippen molar-refractivity contribution in [1.29, 1.82) is 5.41 Å². The van der Waals surface area contributed by atoms with Crippen LogP contribution in [-0.2, 0) is 10.0 Å². The maximum Gasteiger partial charge on any atom is 0.257 e. The van der Waals surface area contributed by atoms with E-state index in [4.69, 9.17) is 22.7 Å². The Morgan fingerprint density at radius 1 is 1.26 bits per heavy atom. The van der Waals surface area contributed by atoms with Crippen LogP contribution in [0.25, 0.3) is 0 Å². The number of halogens is 2. The lowest BCUT2D eigenvalue weighted by atomic mass is 10.2. The second kappa shape index (κ2) is 7.96. The van der Waals surface area contributed by atoms with Gasteiger partial charge in [0.15, 0.2) is 5.96 Å². The number of nitrogens with two attached hydrogens (primary N) is 1. The predicted molar refractivity (Wildman–Crippen MR) is 90.7 cm³/mol. The van der Waals surface area contributed by atoms with Crippen LogP contribution in [0.5, 0.6) is 0 Å². The zero-order valence-electron chi connectivity index (χ0n) is 12.2. The van der Waals surface area contributed by atoms with Crippen molar-refractivity contribution >= 4 is 45.9 Å². The number of carbonyl (C=O) groups excluding carboxylic acids is 1. The van der Waals surface area contributed by atoms with Crippen molar-refractivity contribution in [1.82, 2.24) is 9.62 Å². The lowest BCUT2D eigenvalue weighted by Gasteiger charge is -2.26. The molecule has 0 aliphatic carbocycles. The fourth-order valence-corrected chi connectivity index (χ4v) is 4.30. The second-order valence-corrected chi connectivity index (χ2v) is 7.29. The Morgan fingerprint density at radius 2 is 1.87 bits per heavy atom. The highest BCUT2D eigenvalue weighted by Gasteiger charge is 2.28. The fraction of sp³-hybridized carbons (Fsp3) is 0.385. The van der Waals surface area contributed by atoms with Gasteiger partial charge >= 0.3 is 0 Å². The normalized spacial score (nSPS) is 15.5. The first-order valence-electron chi connectivity index (χ1n) is 6.77.